The van der Waals surface area contributed by atoms with Gasteiger partial charge in [-0.1, -0.05) is 29.8 Å². The van der Waals surface area contributed by atoms with Crippen LogP contribution in [0.2, 0.25) is 5.02 Å². The monoisotopic (exact) mass is 481 g/mol. The van der Waals surface area contributed by atoms with Crippen LogP contribution < -0.4 is 26.4 Å². The molecule has 3 aromatic rings. The molecule has 3 amide bonds. The standard InChI is InChI=1S/C23H24ClN7O3/c1-15-21(14-30(29-15)9-10-32)27-22(33)16-5-4-6-18(11-16)31-13-17(12-25-31)26-23(34)28-20-8-3-2-7-19(20)24/h2-8,11,13-14,25,32H,9-10,12H2,1H3,(H,27,33)(H2,26,28,34). The van der Waals surface area contributed by atoms with Crippen molar-refractivity contribution in [3.63, 3.8) is 0 Å². The second-order valence-corrected chi connectivity index (χ2v) is 7.94. The lowest BCUT2D eigenvalue weighted by Crippen LogP contribution is -2.31. The molecule has 10 nitrogen and oxygen atoms in total. The van der Waals surface area contributed by atoms with E-state index in [0.29, 0.717) is 46.4 Å². The van der Waals surface area contributed by atoms with Crippen LogP contribution >= 0.6 is 11.6 Å². The van der Waals surface area contributed by atoms with Gasteiger partial charge in [0.15, 0.2) is 0 Å². The Balaban J connectivity index is 1.40. The van der Waals surface area contributed by atoms with Crippen LogP contribution in [0.25, 0.3) is 0 Å². The van der Waals surface area contributed by atoms with Crippen molar-refractivity contribution in [3.05, 3.63) is 82.9 Å². The molecule has 176 valence electrons. The summed E-state index contributed by atoms with van der Waals surface area (Å²) in [7, 11) is 0. The molecule has 0 radical (unpaired) electrons. The lowest BCUT2D eigenvalue weighted by Gasteiger charge is -2.16. The molecule has 0 fully saturated rings. The van der Waals surface area contributed by atoms with Gasteiger partial charge in [-0.05, 0) is 37.3 Å². The second-order valence-electron chi connectivity index (χ2n) is 7.54. The van der Waals surface area contributed by atoms with Gasteiger partial charge < -0.3 is 21.1 Å². The van der Waals surface area contributed by atoms with Gasteiger partial charge in [-0.3, -0.25) is 14.5 Å². The molecular formula is C23H24ClN7O3. The summed E-state index contributed by atoms with van der Waals surface area (Å²) < 4.78 is 1.58. The normalized spacial score (nSPS) is 12.9. The van der Waals surface area contributed by atoms with Gasteiger partial charge in [0.25, 0.3) is 5.91 Å². The highest BCUT2D eigenvalue weighted by Crippen LogP contribution is 2.22. The number of rotatable bonds is 7. The highest BCUT2D eigenvalue weighted by Gasteiger charge is 2.18. The zero-order valence-corrected chi connectivity index (χ0v) is 19.1. The zero-order valence-electron chi connectivity index (χ0n) is 18.4. The first-order valence-corrected chi connectivity index (χ1v) is 10.9. The number of aliphatic hydroxyl groups excluding tert-OH is 1. The van der Waals surface area contributed by atoms with Gasteiger partial charge >= 0.3 is 6.03 Å². The summed E-state index contributed by atoms with van der Waals surface area (Å²) in [6.45, 7) is 2.50. The van der Waals surface area contributed by atoms with Gasteiger partial charge in [-0.15, -0.1) is 0 Å². The van der Waals surface area contributed by atoms with Crippen molar-refractivity contribution in [1.29, 1.82) is 0 Å². The number of para-hydroxylation sites is 1. The first kappa shape index (κ1) is 23.3. The first-order valence-electron chi connectivity index (χ1n) is 10.6. The number of benzene rings is 2. The number of aryl methyl sites for hydroxylation is 1. The summed E-state index contributed by atoms with van der Waals surface area (Å²) in [5, 5.41) is 23.8. The van der Waals surface area contributed by atoms with E-state index in [0.717, 1.165) is 5.69 Å². The predicted octanol–water partition coefficient (Wildman–Crippen LogP) is 3.08. The quantitative estimate of drug-likeness (QED) is 0.353. The molecule has 1 aliphatic heterocycles. The van der Waals surface area contributed by atoms with Gasteiger partial charge in [0.05, 0.1) is 53.2 Å². The maximum Gasteiger partial charge on any atom is 0.323 e. The van der Waals surface area contributed by atoms with Crippen LogP contribution in [0, 0.1) is 6.92 Å². The van der Waals surface area contributed by atoms with Crippen molar-refractivity contribution in [2.75, 3.05) is 28.8 Å². The minimum atomic E-state index is -0.409. The number of hydrogen-bond donors (Lipinski definition) is 5. The number of aromatic nitrogens is 2. The molecule has 0 unspecified atom stereocenters. The number of amides is 3. The number of carbonyl (C=O) groups excluding carboxylic acids is 2. The van der Waals surface area contributed by atoms with E-state index in [1.807, 2.05) is 6.07 Å². The van der Waals surface area contributed by atoms with Gasteiger partial charge in [-0.2, -0.15) is 5.10 Å². The summed E-state index contributed by atoms with van der Waals surface area (Å²) in [5.74, 6) is -0.283. The molecule has 1 aliphatic rings. The molecule has 0 saturated heterocycles. The van der Waals surface area contributed by atoms with Crippen molar-refractivity contribution >= 4 is 40.6 Å². The van der Waals surface area contributed by atoms with Crippen molar-refractivity contribution < 1.29 is 14.7 Å². The number of hydrazine groups is 1. The molecule has 2 aromatic carbocycles. The Kier molecular flexibility index (Phi) is 7.12. The summed E-state index contributed by atoms with van der Waals surface area (Å²) >= 11 is 6.08. The van der Waals surface area contributed by atoms with E-state index in [-0.39, 0.29) is 12.5 Å². The maximum atomic E-state index is 12.8. The number of carbonyl (C=O) groups is 2. The summed E-state index contributed by atoms with van der Waals surface area (Å²) in [6, 6.07) is 13.6. The Bertz CT molecular complexity index is 1240. The Morgan fingerprint density at radius 1 is 1.12 bits per heavy atom. The molecule has 2 heterocycles. The second kappa shape index (κ2) is 10.4. The Morgan fingerprint density at radius 3 is 2.74 bits per heavy atom. The maximum absolute atomic E-state index is 12.8. The third kappa shape index (κ3) is 5.54. The molecule has 1 aromatic heterocycles. The molecule has 4 rings (SSSR count). The van der Waals surface area contributed by atoms with Gasteiger partial charge in [-0.25, -0.2) is 10.2 Å². The third-order valence-corrected chi connectivity index (χ3v) is 5.36. The van der Waals surface area contributed by atoms with Crippen LogP contribution in [0.3, 0.4) is 0 Å². The lowest BCUT2D eigenvalue weighted by atomic mass is 10.2. The molecule has 34 heavy (non-hydrogen) atoms. The van der Waals surface area contributed by atoms with Crippen LogP contribution in [0.4, 0.5) is 21.9 Å². The summed E-state index contributed by atoms with van der Waals surface area (Å²) in [4.78, 5) is 25.1. The minimum absolute atomic E-state index is 0.0363. The fraction of sp³-hybridized carbons (Fsp3) is 0.174. The predicted molar refractivity (Wildman–Crippen MR) is 131 cm³/mol. The molecular weight excluding hydrogens is 458 g/mol. The number of aliphatic hydroxyl groups is 1. The Hall–Kier alpha value is -3.86. The highest BCUT2D eigenvalue weighted by molar-refractivity contribution is 6.33. The molecule has 0 bridgehead atoms. The number of nitrogens with one attached hydrogen (secondary N) is 4. The van der Waals surface area contributed by atoms with E-state index in [9.17, 15) is 9.59 Å². The van der Waals surface area contributed by atoms with E-state index >= 15 is 0 Å². The average molecular weight is 482 g/mol. The Morgan fingerprint density at radius 2 is 1.94 bits per heavy atom. The molecule has 5 N–H and O–H groups in total. The van der Waals surface area contributed by atoms with Crippen molar-refractivity contribution in [2.45, 2.75) is 13.5 Å². The topological polar surface area (TPSA) is 124 Å². The van der Waals surface area contributed by atoms with E-state index in [4.69, 9.17) is 16.7 Å². The van der Waals surface area contributed by atoms with Crippen LogP contribution in [-0.2, 0) is 6.54 Å². The van der Waals surface area contributed by atoms with E-state index < -0.39 is 6.03 Å². The number of halogens is 1. The molecule has 0 aliphatic carbocycles. The van der Waals surface area contributed by atoms with Crippen LogP contribution in [0.1, 0.15) is 16.1 Å². The molecule has 0 saturated carbocycles. The van der Waals surface area contributed by atoms with Crippen LogP contribution in [0.15, 0.2) is 66.6 Å². The van der Waals surface area contributed by atoms with Gasteiger partial charge in [0, 0.05) is 18.0 Å². The fourth-order valence-electron chi connectivity index (χ4n) is 3.37. The lowest BCUT2D eigenvalue weighted by molar-refractivity contribution is 0.102. The summed E-state index contributed by atoms with van der Waals surface area (Å²) in [6.07, 6.45) is 3.43. The molecule has 11 heteroatoms. The minimum Gasteiger partial charge on any atom is -0.394 e. The highest BCUT2D eigenvalue weighted by atomic mass is 35.5. The largest absolute Gasteiger partial charge is 0.394 e. The van der Waals surface area contributed by atoms with E-state index in [1.165, 1.54) is 0 Å². The average Bonchev–Trinajstić information content (AvgIpc) is 3.42. The number of nitrogens with zero attached hydrogens (tertiary/aromatic N) is 3. The van der Waals surface area contributed by atoms with Gasteiger partial charge in [0.2, 0.25) is 0 Å². The van der Waals surface area contributed by atoms with E-state index in [1.54, 1.807) is 71.5 Å². The SMILES string of the molecule is Cc1nn(CCO)cc1NC(=O)c1cccc(N2C=C(NC(=O)Nc3ccccc3Cl)CN2)c1. The first-order chi connectivity index (χ1) is 16.4. The third-order valence-electron chi connectivity index (χ3n) is 5.03. The number of anilines is 3. The van der Waals surface area contributed by atoms with Gasteiger partial charge in [0.1, 0.15) is 0 Å². The van der Waals surface area contributed by atoms with Crippen molar-refractivity contribution in [2.24, 2.45) is 0 Å². The Labute approximate surface area is 201 Å². The molecule has 0 atom stereocenters. The van der Waals surface area contributed by atoms with E-state index in [2.05, 4.69) is 26.5 Å². The summed E-state index contributed by atoms with van der Waals surface area (Å²) in [5.41, 5.74) is 6.74. The zero-order chi connectivity index (χ0) is 24.1. The van der Waals surface area contributed by atoms with Crippen molar-refractivity contribution in [3.8, 4) is 0 Å². The van der Waals surface area contributed by atoms with Crippen molar-refractivity contribution in [1.82, 2.24) is 20.5 Å². The number of hydrogen-bond acceptors (Lipinski definition) is 6. The molecule has 0 spiro atoms. The smallest absolute Gasteiger partial charge is 0.323 e. The van der Waals surface area contributed by atoms with Crippen LogP contribution in [0.5, 0.6) is 0 Å². The fourth-order valence-corrected chi connectivity index (χ4v) is 3.55. The van der Waals surface area contributed by atoms with Crippen LogP contribution in [-0.4, -0.2) is 40.0 Å². The number of urea groups is 1.